The number of aliphatic carboxylic acids is 1. The average molecular weight is 282 g/mol. The Balaban J connectivity index is 4.10. The van der Waals surface area contributed by atoms with Gasteiger partial charge in [-0.2, -0.15) is 0 Å². The maximum atomic E-state index is 10.5. The van der Waals surface area contributed by atoms with E-state index in [2.05, 4.69) is 33.8 Å². The van der Waals surface area contributed by atoms with Crippen LogP contribution >= 0.6 is 0 Å². The molecule has 0 aromatic carbocycles. The molecular weight excluding hydrogens is 252 g/mol. The molecule has 0 fully saturated rings. The highest BCUT2D eigenvalue weighted by Gasteiger charge is 2.24. The predicted octanol–water partition coefficient (Wildman–Crippen LogP) is 4.44. The molecule has 0 heterocycles. The molecule has 0 aliphatic heterocycles. The van der Waals surface area contributed by atoms with E-state index in [4.69, 9.17) is 9.84 Å². The zero-order valence-corrected chi connectivity index (χ0v) is 13.8. The molecule has 0 saturated carbocycles. The highest BCUT2D eigenvalue weighted by atomic mass is 16.5. The van der Waals surface area contributed by atoms with E-state index in [9.17, 15) is 4.79 Å². The molecule has 0 aliphatic carbocycles. The molecule has 0 aliphatic rings. The van der Waals surface area contributed by atoms with E-state index in [1.165, 1.54) is 6.08 Å². The largest absolute Gasteiger partial charge is 0.478 e. The molecular formula is C17H30O3. The van der Waals surface area contributed by atoms with Gasteiger partial charge in [-0.25, -0.2) is 4.79 Å². The third-order valence-corrected chi connectivity index (χ3v) is 4.08. The Hall–Kier alpha value is -1.09. The molecule has 1 N–H and O–H groups in total. The molecule has 0 aromatic rings. The van der Waals surface area contributed by atoms with Gasteiger partial charge in [0.25, 0.3) is 0 Å². The summed E-state index contributed by atoms with van der Waals surface area (Å²) in [6.07, 6.45) is 8.44. The Morgan fingerprint density at radius 2 is 1.90 bits per heavy atom. The van der Waals surface area contributed by atoms with Gasteiger partial charge in [-0.3, -0.25) is 0 Å². The van der Waals surface area contributed by atoms with Gasteiger partial charge in [-0.05, 0) is 51.0 Å². The van der Waals surface area contributed by atoms with Crippen molar-refractivity contribution in [2.75, 3.05) is 7.11 Å². The van der Waals surface area contributed by atoms with E-state index < -0.39 is 5.97 Å². The van der Waals surface area contributed by atoms with Crippen LogP contribution in [-0.2, 0) is 9.53 Å². The lowest BCUT2D eigenvalue weighted by Crippen LogP contribution is -2.31. The topological polar surface area (TPSA) is 46.5 Å². The van der Waals surface area contributed by atoms with Gasteiger partial charge in [-0.15, -0.1) is 0 Å². The lowest BCUT2D eigenvalue weighted by Gasteiger charge is -2.31. The lowest BCUT2D eigenvalue weighted by atomic mass is 9.85. The third-order valence-electron chi connectivity index (χ3n) is 4.08. The molecule has 0 aromatic heterocycles. The Morgan fingerprint density at radius 1 is 1.30 bits per heavy atom. The first-order valence-corrected chi connectivity index (χ1v) is 7.32. The first kappa shape index (κ1) is 18.9. The fourth-order valence-corrected chi connectivity index (χ4v) is 1.93. The minimum Gasteiger partial charge on any atom is -0.478 e. The van der Waals surface area contributed by atoms with Crippen molar-refractivity contribution in [1.82, 2.24) is 0 Å². The van der Waals surface area contributed by atoms with Crippen LogP contribution in [0.1, 0.15) is 53.9 Å². The van der Waals surface area contributed by atoms with Gasteiger partial charge in [-0.1, -0.05) is 32.4 Å². The summed E-state index contributed by atoms with van der Waals surface area (Å²) in [5.41, 5.74) is 0.703. The molecule has 0 radical (unpaired) electrons. The Morgan fingerprint density at radius 3 is 2.40 bits per heavy atom. The van der Waals surface area contributed by atoms with Crippen molar-refractivity contribution in [2.45, 2.75) is 59.5 Å². The number of allylic oxidation sites excluding steroid dienone is 3. The van der Waals surface area contributed by atoms with Crippen molar-refractivity contribution in [3.63, 3.8) is 0 Å². The molecule has 0 rings (SSSR count). The molecule has 0 saturated heterocycles. The summed E-state index contributed by atoms with van der Waals surface area (Å²) < 4.78 is 5.50. The standard InChI is InChI=1S/C17H30O3/c1-13(8-7-9-14(2)12-16(18)19)10-11-15(3)17(4,5)20-6/h7,9,12-13,15H,8,10-11H2,1-6H3,(H,18,19). The fourth-order valence-electron chi connectivity index (χ4n) is 1.93. The monoisotopic (exact) mass is 282 g/mol. The van der Waals surface area contributed by atoms with E-state index in [-0.39, 0.29) is 5.60 Å². The number of carboxylic acids is 1. The minimum atomic E-state index is -0.893. The smallest absolute Gasteiger partial charge is 0.328 e. The Kier molecular flexibility index (Phi) is 8.47. The van der Waals surface area contributed by atoms with Crippen LogP contribution in [0.2, 0.25) is 0 Å². The molecule has 0 spiro atoms. The van der Waals surface area contributed by atoms with E-state index in [1.54, 1.807) is 14.0 Å². The molecule has 0 amide bonds. The quantitative estimate of drug-likeness (QED) is 0.502. The molecule has 20 heavy (non-hydrogen) atoms. The second-order valence-electron chi connectivity index (χ2n) is 6.26. The van der Waals surface area contributed by atoms with Gasteiger partial charge in [0, 0.05) is 13.2 Å². The predicted molar refractivity (Wildman–Crippen MR) is 83.8 cm³/mol. The number of hydrogen-bond donors (Lipinski definition) is 1. The number of ether oxygens (including phenoxy) is 1. The summed E-state index contributed by atoms with van der Waals surface area (Å²) in [5.74, 6) is 0.224. The van der Waals surface area contributed by atoms with Crippen molar-refractivity contribution in [1.29, 1.82) is 0 Å². The van der Waals surface area contributed by atoms with Crippen LogP contribution in [-0.4, -0.2) is 23.8 Å². The van der Waals surface area contributed by atoms with Crippen molar-refractivity contribution in [2.24, 2.45) is 11.8 Å². The molecule has 2 unspecified atom stereocenters. The summed E-state index contributed by atoms with van der Waals surface area (Å²) in [6.45, 7) is 10.5. The third kappa shape index (κ3) is 8.16. The molecule has 116 valence electrons. The van der Waals surface area contributed by atoms with Crippen molar-refractivity contribution in [3.05, 3.63) is 23.8 Å². The van der Waals surface area contributed by atoms with E-state index in [1.807, 2.05) is 6.08 Å². The second-order valence-corrected chi connectivity index (χ2v) is 6.26. The summed E-state index contributed by atoms with van der Waals surface area (Å²) in [7, 11) is 1.76. The number of methoxy groups -OCH3 is 1. The maximum Gasteiger partial charge on any atom is 0.328 e. The number of rotatable bonds is 9. The Labute approximate surface area is 123 Å². The fraction of sp³-hybridized carbons (Fsp3) is 0.706. The lowest BCUT2D eigenvalue weighted by molar-refractivity contribution is -0.131. The zero-order valence-electron chi connectivity index (χ0n) is 13.8. The molecule has 2 atom stereocenters. The van der Waals surface area contributed by atoms with E-state index >= 15 is 0 Å². The molecule has 3 nitrogen and oxygen atoms in total. The number of carbonyl (C=O) groups is 1. The number of hydrogen-bond acceptors (Lipinski definition) is 2. The van der Waals surface area contributed by atoms with Crippen LogP contribution in [0.3, 0.4) is 0 Å². The van der Waals surface area contributed by atoms with Crippen molar-refractivity contribution in [3.8, 4) is 0 Å². The number of carboxylic acid groups (broad SMARTS) is 1. The first-order chi connectivity index (χ1) is 9.19. The van der Waals surface area contributed by atoms with Gasteiger partial charge in [0.15, 0.2) is 0 Å². The summed E-state index contributed by atoms with van der Waals surface area (Å²) in [6, 6.07) is 0. The van der Waals surface area contributed by atoms with Crippen molar-refractivity contribution >= 4 is 5.97 Å². The van der Waals surface area contributed by atoms with Crippen molar-refractivity contribution < 1.29 is 14.6 Å². The minimum absolute atomic E-state index is 0.0730. The zero-order chi connectivity index (χ0) is 15.8. The van der Waals surface area contributed by atoms with Crippen LogP contribution in [0.4, 0.5) is 0 Å². The van der Waals surface area contributed by atoms with E-state index in [0.717, 1.165) is 24.8 Å². The summed E-state index contributed by atoms with van der Waals surface area (Å²) in [5, 5.41) is 8.62. The van der Waals surface area contributed by atoms with Gasteiger partial charge < -0.3 is 9.84 Å². The summed E-state index contributed by atoms with van der Waals surface area (Å²) in [4.78, 5) is 10.5. The maximum absolute atomic E-state index is 10.5. The second kappa shape index (κ2) is 8.96. The highest BCUT2D eigenvalue weighted by molar-refractivity contribution is 5.81. The van der Waals surface area contributed by atoms with Crippen LogP contribution < -0.4 is 0 Å². The summed E-state index contributed by atoms with van der Waals surface area (Å²) >= 11 is 0. The Bertz CT molecular complexity index is 353. The van der Waals surface area contributed by atoms with Crippen LogP contribution in [0.5, 0.6) is 0 Å². The van der Waals surface area contributed by atoms with Gasteiger partial charge in [0.2, 0.25) is 0 Å². The van der Waals surface area contributed by atoms with Crippen LogP contribution in [0, 0.1) is 11.8 Å². The first-order valence-electron chi connectivity index (χ1n) is 7.32. The molecule has 3 heteroatoms. The van der Waals surface area contributed by atoms with Crippen LogP contribution in [0.15, 0.2) is 23.8 Å². The van der Waals surface area contributed by atoms with Gasteiger partial charge >= 0.3 is 5.97 Å². The average Bonchev–Trinajstić information content (AvgIpc) is 2.34. The van der Waals surface area contributed by atoms with Gasteiger partial charge in [0.1, 0.15) is 0 Å². The van der Waals surface area contributed by atoms with E-state index in [0.29, 0.717) is 11.8 Å². The van der Waals surface area contributed by atoms with Crippen LogP contribution in [0.25, 0.3) is 0 Å². The van der Waals surface area contributed by atoms with Gasteiger partial charge in [0.05, 0.1) is 5.60 Å². The normalized spacial score (nSPS) is 16.4. The highest BCUT2D eigenvalue weighted by Crippen LogP contribution is 2.26. The SMILES string of the molecule is COC(C)(C)C(C)CCC(C)CC=CC(C)=CC(=O)O. The molecule has 0 bridgehead atoms.